The first-order valence-corrected chi connectivity index (χ1v) is 5.47. The molecule has 1 aromatic heterocycles. The molecule has 18 heavy (non-hydrogen) atoms. The Hall–Kier alpha value is -2.08. The Bertz CT molecular complexity index is 537. The predicted octanol–water partition coefficient (Wildman–Crippen LogP) is 1.77. The highest BCUT2D eigenvalue weighted by Gasteiger charge is 2.15. The van der Waals surface area contributed by atoms with Crippen molar-refractivity contribution in [3.05, 3.63) is 24.1 Å². The van der Waals surface area contributed by atoms with Crippen LogP contribution in [0, 0.1) is 0 Å². The van der Waals surface area contributed by atoms with Gasteiger partial charge in [0, 0.05) is 6.07 Å². The molecule has 1 aromatic carbocycles. The van der Waals surface area contributed by atoms with E-state index in [4.69, 9.17) is 19.6 Å². The van der Waals surface area contributed by atoms with E-state index in [1.165, 1.54) is 0 Å². The maximum absolute atomic E-state index is 5.67. The van der Waals surface area contributed by atoms with Crippen LogP contribution in [0.2, 0.25) is 0 Å². The fourth-order valence-electron chi connectivity index (χ4n) is 1.50. The molecule has 6 nitrogen and oxygen atoms in total. The van der Waals surface area contributed by atoms with E-state index in [-0.39, 0.29) is 6.04 Å². The standard InChI is InChI=1S/C12H15N3O3/c1-7(13)11-14-15-12(18-11)9-5-4-8(16-2)6-10(9)17-3/h4-7H,13H2,1-3H3. The minimum Gasteiger partial charge on any atom is -0.497 e. The van der Waals surface area contributed by atoms with Gasteiger partial charge in [-0.25, -0.2) is 0 Å². The molecule has 0 aliphatic rings. The molecule has 6 heteroatoms. The topological polar surface area (TPSA) is 83.4 Å². The van der Waals surface area contributed by atoms with Gasteiger partial charge in [0.1, 0.15) is 11.5 Å². The van der Waals surface area contributed by atoms with Gasteiger partial charge >= 0.3 is 0 Å². The van der Waals surface area contributed by atoms with Gasteiger partial charge in [-0.3, -0.25) is 0 Å². The quantitative estimate of drug-likeness (QED) is 0.889. The Morgan fingerprint density at radius 2 is 2.00 bits per heavy atom. The van der Waals surface area contributed by atoms with Crippen LogP contribution in [0.5, 0.6) is 11.5 Å². The maximum Gasteiger partial charge on any atom is 0.251 e. The van der Waals surface area contributed by atoms with Crippen LogP contribution in [0.25, 0.3) is 11.5 Å². The Kier molecular flexibility index (Phi) is 3.47. The average Bonchev–Trinajstić information content (AvgIpc) is 2.87. The molecule has 0 aliphatic heterocycles. The van der Waals surface area contributed by atoms with Crippen molar-refractivity contribution in [1.82, 2.24) is 10.2 Å². The van der Waals surface area contributed by atoms with Gasteiger partial charge in [-0.05, 0) is 19.1 Å². The van der Waals surface area contributed by atoms with Crippen LogP contribution < -0.4 is 15.2 Å². The molecule has 96 valence electrons. The molecule has 0 amide bonds. The molecule has 2 aromatic rings. The van der Waals surface area contributed by atoms with Gasteiger partial charge < -0.3 is 19.6 Å². The Morgan fingerprint density at radius 3 is 2.56 bits per heavy atom. The van der Waals surface area contributed by atoms with Crippen LogP contribution in [0.15, 0.2) is 22.6 Å². The van der Waals surface area contributed by atoms with E-state index in [0.717, 1.165) is 0 Å². The molecule has 0 spiro atoms. The fraction of sp³-hybridized carbons (Fsp3) is 0.333. The molecule has 0 bridgehead atoms. The van der Waals surface area contributed by atoms with Crippen LogP contribution in [0.3, 0.4) is 0 Å². The second-order valence-electron chi connectivity index (χ2n) is 3.80. The van der Waals surface area contributed by atoms with E-state index in [9.17, 15) is 0 Å². The highest BCUT2D eigenvalue weighted by molar-refractivity contribution is 5.64. The summed E-state index contributed by atoms with van der Waals surface area (Å²) in [7, 11) is 3.16. The van der Waals surface area contributed by atoms with Gasteiger partial charge in [0.15, 0.2) is 0 Å². The zero-order valence-electron chi connectivity index (χ0n) is 10.5. The first-order valence-electron chi connectivity index (χ1n) is 5.47. The lowest BCUT2D eigenvalue weighted by atomic mass is 10.2. The summed E-state index contributed by atoms with van der Waals surface area (Å²) < 4.78 is 15.9. The molecule has 2 rings (SSSR count). The van der Waals surface area contributed by atoms with E-state index < -0.39 is 0 Å². The Morgan fingerprint density at radius 1 is 1.22 bits per heavy atom. The summed E-state index contributed by atoms with van der Waals surface area (Å²) in [4.78, 5) is 0. The third-order valence-electron chi connectivity index (χ3n) is 2.47. The van der Waals surface area contributed by atoms with Gasteiger partial charge in [-0.15, -0.1) is 10.2 Å². The van der Waals surface area contributed by atoms with Crippen molar-refractivity contribution >= 4 is 0 Å². The van der Waals surface area contributed by atoms with Crippen molar-refractivity contribution in [3.63, 3.8) is 0 Å². The summed E-state index contributed by atoms with van der Waals surface area (Å²) in [6.45, 7) is 1.78. The number of hydrogen-bond donors (Lipinski definition) is 1. The zero-order valence-corrected chi connectivity index (χ0v) is 10.5. The van der Waals surface area contributed by atoms with Crippen LogP contribution in [0.1, 0.15) is 18.9 Å². The smallest absolute Gasteiger partial charge is 0.251 e. The lowest BCUT2D eigenvalue weighted by Gasteiger charge is -2.07. The van der Waals surface area contributed by atoms with Gasteiger partial charge in [0.2, 0.25) is 5.89 Å². The summed E-state index contributed by atoms with van der Waals surface area (Å²) in [6.07, 6.45) is 0. The molecular weight excluding hydrogens is 234 g/mol. The number of ether oxygens (including phenoxy) is 2. The van der Waals surface area contributed by atoms with Crippen LogP contribution in [-0.2, 0) is 0 Å². The van der Waals surface area contributed by atoms with Gasteiger partial charge in [-0.2, -0.15) is 0 Å². The first kappa shape index (κ1) is 12.4. The molecule has 1 unspecified atom stereocenters. The van der Waals surface area contributed by atoms with E-state index >= 15 is 0 Å². The molecule has 1 heterocycles. The number of rotatable bonds is 4. The maximum atomic E-state index is 5.67. The average molecular weight is 249 g/mol. The van der Waals surface area contributed by atoms with Crippen molar-refractivity contribution in [2.75, 3.05) is 14.2 Å². The lowest BCUT2D eigenvalue weighted by Crippen LogP contribution is -2.04. The SMILES string of the molecule is COc1ccc(-c2nnc(C(C)N)o2)c(OC)c1. The molecule has 1 atom stereocenters. The Balaban J connectivity index is 2.42. The summed E-state index contributed by atoms with van der Waals surface area (Å²) in [5.74, 6) is 2.07. The summed E-state index contributed by atoms with van der Waals surface area (Å²) in [6, 6.07) is 5.06. The minimum atomic E-state index is -0.296. The van der Waals surface area contributed by atoms with E-state index in [1.807, 2.05) is 0 Å². The van der Waals surface area contributed by atoms with Gasteiger partial charge in [-0.1, -0.05) is 0 Å². The summed E-state index contributed by atoms with van der Waals surface area (Å²) in [5.41, 5.74) is 6.38. The zero-order chi connectivity index (χ0) is 13.1. The molecular formula is C12H15N3O3. The second-order valence-corrected chi connectivity index (χ2v) is 3.80. The largest absolute Gasteiger partial charge is 0.497 e. The number of benzene rings is 1. The van der Waals surface area contributed by atoms with Gasteiger partial charge in [0.05, 0.1) is 25.8 Å². The third-order valence-corrected chi connectivity index (χ3v) is 2.47. The molecule has 0 saturated carbocycles. The number of nitrogens with zero attached hydrogens (tertiary/aromatic N) is 2. The van der Waals surface area contributed by atoms with Crippen molar-refractivity contribution in [1.29, 1.82) is 0 Å². The molecule has 0 radical (unpaired) electrons. The van der Waals surface area contributed by atoms with Crippen LogP contribution in [-0.4, -0.2) is 24.4 Å². The number of methoxy groups -OCH3 is 2. The Labute approximate surface area is 105 Å². The van der Waals surface area contributed by atoms with Crippen LogP contribution in [0.4, 0.5) is 0 Å². The summed E-state index contributed by atoms with van der Waals surface area (Å²) in [5, 5.41) is 7.84. The third kappa shape index (κ3) is 2.28. The van der Waals surface area contributed by atoms with Crippen molar-refractivity contribution in [2.24, 2.45) is 5.73 Å². The van der Waals surface area contributed by atoms with E-state index in [1.54, 1.807) is 39.3 Å². The molecule has 0 aliphatic carbocycles. The van der Waals surface area contributed by atoms with Crippen molar-refractivity contribution in [2.45, 2.75) is 13.0 Å². The predicted molar refractivity (Wildman–Crippen MR) is 65.4 cm³/mol. The number of aromatic nitrogens is 2. The minimum absolute atomic E-state index is 0.296. The molecule has 0 saturated heterocycles. The normalized spacial score (nSPS) is 12.2. The monoisotopic (exact) mass is 249 g/mol. The lowest BCUT2D eigenvalue weighted by molar-refractivity contribution is 0.393. The second kappa shape index (κ2) is 5.05. The summed E-state index contributed by atoms with van der Waals surface area (Å²) >= 11 is 0. The van der Waals surface area contributed by atoms with Gasteiger partial charge in [0.25, 0.3) is 5.89 Å². The first-order chi connectivity index (χ1) is 8.65. The molecule has 2 N–H and O–H groups in total. The number of nitrogens with two attached hydrogens (primary N) is 1. The highest BCUT2D eigenvalue weighted by atomic mass is 16.5. The fourth-order valence-corrected chi connectivity index (χ4v) is 1.50. The number of hydrogen-bond acceptors (Lipinski definition) is 6. The van der Waals surface area contributed by atoms with E-state index in [2.05, 4.69) is 10.2 Å². The molecule has 0 fully saturated rings. The van der Waals surface area contributed by atoms with Crippen molar-refractivity contribution < 1.29 is 13.9 Å². The van der Waals surface area contributed by atoms with Crippen LogP contribution >= 0.6 is 0 Å². The van der Waals surface area contributed by atoms with E-state index in [0.29, 0.717) is 28.8 Å². The highest BCUT2D eigenvalue weighted by Crippen LogP contribution is 2.32. The van der Waals surface area contributed by atoms with Crippen molar-refractivity contribution in [3.8, 4) is 23.0 Å².